The number of benzene rings is 2. The van der Waals surface area contributed by atoms with Crippen molar-refractivity contribution in [2.45, 2.75) is 0 Å². The van der Waals surface area contributed by atoms with Gasteiger partial charge in [-0.1, -0.05) is 28.6 Å². The third-order valence-electron chi connectivity index (χ3n) is 3.84. The van der Waals surface area contributed by atoms with Gasteiger partial charge in [0.15, 0.2) is 12.4 Å². The van der Waals surface area contributed by atoms with Crippen LogP contribution in [0.25, 0.3) is 6.08 Å². The number of esters is 1. The normalized spacial score (nSPS) is 13.6. The summed E-state index contributed by atoms with van der Waals surface area (Å²) in [5.41, 5.74) is 1.12. The van der Waals surface area contributed by atoms with Gasteiger partial charge in [-0.25, -0.2) is 4.79 Å². The molecule has 0 aliphatic carbocycles. The van der Waals surface area contributed by atoms with Gasteiger partial charge in [0.25, 0.3) is 0 Å². The fourth-order valence-electron chi connectivity index (χ4n) is 2.55. The molecule has 0 saturated heterocycles. The Bertz CT molecular complexity index is 963. The van der Waals surface area contributed by atoms with E-state index < -0.39 is 5.97 Å². The lowest BCUT2D eigenvalue weighted by molar-refractivity contribution is -0.144. The molecule has 0 saturated carbocycles. The number of hydrogen-bond acceptors (Lipinski definition) is 6. The third-order valence-corrected chi connectivity index (χ3v) is 4.33. The molecule has 0 spiro atoms. The molecular formula is C21H17BrO6. The summed E-state index contributed by atoms with van der Waals surface area (Å²) in [5, 5.41) is 0. The molecule has 6 nitrogen and oxygen atoms in total. The molecule has 144 valence electrons. The van der Waals surface area contributed by atoms with Gasteiger partial charge in [0.2, 0.25) is 5.78 Å². The number of carbonyl (C=O) groups excluding carboxylic acids is 2. The number of hydrogen-bond donors (Lipinski definition) is 0. The number of ketones is 1. The van der Waals surface area contributed by atoms with Crippen molar-refractivity contribution < 1.29 is 28.5 Å². The molecule has 28 heavy (non-hydrogen) atoms. The van der Waals surface area contributed by atoms with Crippen LogP contribution in [-0.4, -0.2) is 32.1 Å². The van der Waals surface area contributed by atoms with Gasteiger partial charge in [0.1, 0.15) is 23.9 Å². The molecule has 3 rings (SSSR count). The molecule has 0 fully saturated rings. The first-order chi connectivity index (χ1) is 13.5. The number of fused-ring (bicyclic) bond motifs is 1. The summed E-state index contributed by atoms with van der Waals surface area (Å²) in [7, 11) is 1.56. The van der Waals surface area contributed by atoms with Crippen molar-refractivity contribution in [1.29, 1.82) is 0 Å². The minimum Gasteiger partial charge on any atom is -0.496 e. The van der Waals surface area contributed by atoms with Crippen LogP contribution in [0, 0.1) is 0 Å². The molecule has 7 heteroatoms. The molecule has 0 amide bonds. The van der Waals surface area contributed by atoms with E-state index in [1.165, 1.54) is 6.08 Å². The lowest BCUT2D eigenvalue weighted by Gasteiger charge is -2.07. The van der Waals surface area contributed by atoms with Gasteiger partial charge in [-0.05, 0) is 36.4 Å². The quantitative estimate of drug-likeness (QED) is 0.362. The second-order valence-corrected chi connectivity index (χ2v) is 6.66. The van der Waals surface area contributed by atoms with Crippen molar-refractivity contribution in [1.82, 2.24) is 0 Å². The number of allylic oxidation sites excluding steroid dienone is 1. The zero-order valence-electron chi connectivity index (χ0n) is 15.1. The maximum Gasteiger partial charge on any atom is 0.344 e. The molecule has 1 heterocycles. The summed E-state index contributed by atoms with van der Waals surface area (Å²) >= 11 is 3.40. The smallest absolute Gasteiger partial charge is 0.344 e. The molecule has 1 aliphatic heterocycles. The minimum absolute atomic E-state index is 0.122. The van der Waals surface area contributed by atoms with Crippen molar-refractivity contribution >= 4 is 33.8 Å². The van der Waals surface area contributed by atoms with Crippen molar-refractivity contribution in [2.75, 3.05) is 20.3 Å². The number of halogens is 1. The Hall–Kier alpha value is -3.06. The predicted octanol–water partition coefficient (Wildman–Crippen LogP) is 4.18. The molecule has 0 N–H and O–H groups in total. The van der Waals surface area contributed by atoms with Crippen LogP contribution < -0.4 is 14.2 Å². The molecule has 0 radical (unpaired) electrons. The Morgan fingerprint density at radius 2 is 2.07 bits per heavy atom. The Labute approximate surface area is 170 Å². The first-order valence-corrected chi connectivity index (χ1v) is 9.12. The van der Waals surface area contributed by atoms with Crippen molar-refractivity contribution in [3.05, 3.63) is 70.4 Å². The van der Waals surface area contributed by atoms with E-state index in [4.69, 9.17) is 18.9 Å². The van der Waals surface area contributed by atoms with Crippen LogP contribution in [0.15, 0.2) is 59.3 Å². The highest BCUT2D eigenvalue weighted by atomic mass is 79.9. The lowest BCUT2D eigenvalue weighted by atomic mass is 10.1. The average molecular weight is 445 g/mol. The second kappa shape index (κ2) is 8.75. The van der Waals surface area contributed by atoms with Crippen LogP contribution in [-0.2, 0) is 9.53 Å². The van der Waals surface area contributed by atoms with Gasteiger partial charge in [-0.2, -0.15) is 0 Å². The maximum atomic E-state index is 12.6. The number of methoxy groups -OCH3 is 1. The molecule has 2 aromatic rings. The zero-order chi connectivity index (χ0) is 20.1. The van der Waals surface area contributed by atoms with E-state index in [9.17, 15) is 9.59 Å². The minimum atomic E-state index is -0.514. The summed E-state index contributed by atoms with van der Waals surface area (Å²) in [6.45, 7) is 3.34. The van der Waals surface area contributed by atoms with E-state index in [1.54, 1.807) is 37.5 Å². The SMILES string of the molecule is C=CCOC(=O)COc1ccc2c(c1)OC(=Cc1cc(Br)ccc1OC)C2=O. The van der Waals surface area contributed by atoms with Gasteiger partial charge in [-0.15, -0.1) is 0 Å². The second-order valence-electron chi connectivity index (χ2n) is 5.74. The van der Waals surface area contributed by atoms with E-state index in [0.717, 1.165) is 4.47 Å². The summed E-state index contributed by atoms with van der Waals surface area (Å²) in [5.74, 6) is 0.790. The first kappa shape index (κ1) is 19.7. The fourth-order valence-corrected chi connectivity index (χ4v) is 2.93. The van der Waals surface area contributed by atoms with Gasteiger partial charge in [0.05, 0.1) is 12.7 Å². The van der Waals surface area contributed by atoms with Crippen molar-refractivity contribution in [3.8, 4) is 17.2 Å². The highest BCUT2D eigenvalue weighted by molar-refractivity contribution is 9.10. The molecule has 2 aromatic carbocycles. The van der Waals surface area contributed by atoms with Crippen molar-refractivity contribution in [2.24, 2.45) is 0 Å². The van der Waals surface area contributed by atoms with E-state index in [2.05, 4.69) is 22.5 Å². The Balaban J connectivity index is 1.77. The molecular weight excluding hydrogens is 428 g/mol. The van der Waals surface area contributed by atoms with Crippen LogP contribution in [0.2, 0.25) is 0 Å². The van der Waals surface area contributed by atoms with E-state index >= 15 is 0 Å². The van der Waals surface area contributed by atoms with E-state index in [-0.39, 0.29) is 24.8 Å². The lowest BCUT2D eigenvalue weighted by Crippen LogP contribution is -2.14. The highest BCUT2D eigenvalue weighted by Crippen LogP contribution is 2.36. The average Bonchev–Trinajstić information content (AvgIpc) is 3.00. The fraction of sp³-hybridized carbons (Fsp3) is 0.143. The summed E-state index contributed by atoms with van der Waals surface area (Å²) < 4.78 is 22.1. The third kappa shape index (κ3) is 4.43. The van der Waals surface area contributed by atoms with Crippen LogP contribution in [0.5, 0.6) is 17.2 Å². The number of Topliss-reactive ketones (excluding diaryl/α,β-unsaturated/α-hetero) is 1. The molecule has 0 aromatic heterocycles. The molecule has 1 aliphatic rings. The predicted molar refractivity (Wildman–Crippen MR) is 107 cm³/mol. The Morgan fingerprint density at radius 3 is 2.82 bits per heavy atom. The summed E-state index contributed by atoms with van der Waals surface area (Å²) in [6.07, 6.45) is 3.10. The molecule has 0 unspecified atom stereocenters. The van der Waals surface area contributed by atoms with Crippen LogP contribution >= 0.6 is 15.9 Å². The number of carbonyl (C=O) groups is 2. The van der Waals surface area contributed by atoms with Crippen LogP contribution in [0.3, 0.4) is 0 Å². The van der Waals surface area contributed by atoms with E-state index in [0.29, 0.717) is 28.4 Å². The first-order valence-electron chi connectivity index (χ1n) is 8.33. The van der Waals surface area contributed by atoms with Gasteiger partial charge in [-0.3, -0.25) is 4.79 Å². The maximum absolute atomic E-state index is 12.6. The van der Waals surface area contributed by atoms with Gasteiger partial charge in [0, 0.05) is 16.1 Å². The summed E-state index contributed by atoms with van der Waals surface area (Å²) in [6, 6.07) is 10.2. The summed E-state index contributed by atoms with van der Waals surface area (Å²) in [4.78, 5) is 24.1. The van der Waals surface area contributed by atoms with Crippen LogP contribution in [0.4, 0.5) is 0 Å². The standard InChI is InChI=1S/C21H17BrO6/c1-3-8-26-20(23)12-27-15-5-6-16-18(11-15)28-19(21(16)24)10-13-9-14(22)4-7-17(13)25-2/h3-7,9-11H,1,8,12H2,2H3. The Morgan fingerprint density at radius 1 is 1.25 bits per heavy atom. The topological polar surface area (TPSA) is 71.1 Å². The number of ether oxygens (including phenoxy) is 4. The van der Waals surface area contributed by atoms with Crippen LogP contribution in [0.1, 0.15) is 15.9 Å². The van der Waals surface area contributed by atoms with Crippen molar-refractivity contribution in [3.63, 3.8) is 0 Å². The number of rotatable bonds is 7. The Kier molecular flexibility index (Phi) is 6.16. The molecule has 0 atom stereocenters. The van der Waals surface area contributed by atoms with E-state index in [1.807, 2.05) is 12.1 Å². The molecule has 0 bridgehead atoms. The zero-order valence-corrected chi connectivity index (χ0v) is 16.7. The largest absolute Gasteiger partial charge is 0.496 e. The van der Waals surface area contributed by atoms with Gasteiger partial charge >= 0.3 is 5.97 Å². The highest BCUT2D eigenvalue weighted by Gasteiger charge is 2.28. The van der Waals surface area contributed by atoms with Gasteiger partial charge < -0.3 is 18.9 Å². The monoisotopic (exact) mass is 444 g/mol.